The largest absolute Gasteiger partial charge is 0.493 e. The van der Waals surface area contributed by atoms with Crippen molar-refractivity contribution in [2.24, 2.45) is 5.10 Å². The predicted molar refractivity (Wildman–Crippen MR) is 116 cm³/mol. The van der Waals surface area contributed by atoms with Crippen LogP contribution in [-0.4, -0.2) is 34.6 Å². The summed E-state index contributed by atoms with van der Waals surface area (Å²) < 4.78 is 12.4. The third kappa shape index (κ3) is 3.44. The molecule has 0 amide bonds. The smallest absolute Gasteiger partial charge is 0.350 e. The lowest BCUT2D eigenvalue weighted by atomic mass is 10.2. The zero-order valence-electron chi connectivity index (χ0n) is 15.7. The molecule has 2 heterocycles. The van der Waals surface area contributed by atoms with Crippen molar-refractivity contribution in [1.82, 2.24) is 14.6 Å². The Morgan fingerprint density at radius 1 is 1.10 bits per heavy atom. The molecule has 0 saturated carbocycles. The van der Waals surface area contributed by atoms with E-state index in [1.54, 1.807) is 18.2 Å². The van der Waals surface area contributed by atoms with E-state index in [-0.39, 0.29) is 5.52 Å². The molecule has 2 aromatic carbocycles. The number of rotatable bonds is 5. The molecule has 4 rings (SSSR count). The standard InChI is InChI=1S/C20H17BrN4O4/c1-3-29-15-7-4-11(8-16(15)28-2)10-22-25-19(26)18-17(24-20(25)27)13-9-12(21)5-6-14(13)23-18/h4-10,23H,3H2,1-2H3,(H,24,27)/b22-10+. The second-order valence-electron chi connectivity index (χ2n) is 6.20. The van der Waals surface area contributed by atoms with Crippen molar-refractivity contribution in [2.75, 3.05) is 13.7 Å². The molecule has 2 aromatic heterocycles. The van der Waals surface area contributed by atoms with Crippen LogP contribution in [0.15, 0.2) is 55.6 Å². The van der Waals surface area contributed by atoms with Gasteiger partial charge in [-0.1, -0.05) is 15.9 Å². The zero-order valence-corrected chi connectivity index (χ0v) is 17.2. The molecule has 0 aliphatic rings. The topological polar surface area (TPSA) is 101 Å². The molecule has 0 atom stereocenters. The first kappa shape index (κ1) is 19.0. The molecule has 0 fully saturated rings. The average molecular weight is 457 g/mol. The highest BCUT2D eigenvalue weighted by molar-refractivity contribution is 9.10. The predicted octanol–water partition coefficient (Wildman–Crippen LogP) is 3.22. The van der Waals surface area contributed by atoms with E-state index in [9.17, 15) is 9.59 Å². The van der Waals surface area contributed by atoms with Crippen LogP contribution in [0.4, 0.5) is 0 Å². The Kier molecular flexibility index (Phi) is 4.98. The lowest BCUT2D eigenvalue weighted by Gasteiger charge is -2.09. The molecule has 0 saturated heterocycles. The van der Waals surface area contributed by atoms with Crippen LogP contribution in [0.2, 0.25) is 0 Å². The molecular formula is C20H17BrN4O4. The van der Waals surface area contributed by atoms with Gasteiger partial charge in [0.1, 0.15) is 5.52 Å². The molecule has 29 heavy (non-hydrogen) atoms. The number of nitrogens with zero attached hydrogens (tertiary/aromatic N) is 2. The number of fused-ring (bicyclic) bond motifs is 3. The summed E-state index contributed by atoms with van der Waals surface area (Å²) >= 11 is 3.40. The van der Waals surface area contributed by atoms with E-state index in [2.05, 4.69) is 31.0 Å². The molecule has 0 bridgehead atoms. The number of nitrogens with one attached hydrogen (secondary N) is 2. The molecular weight excluding hydrogens is 440 g/mol. The van der Waals surface area contributed by atoms with E-state index in [0.29, 0.717) is 29.2 Å². The number of ether oxygens (including phenoxy) is 2. The van der Waals surface area contributed by atoms with E-state index >= 15 is 0 Å². The highest BCUT2D eigenvalue weighted by atomic mass is 79.9. The van der Waals surface area contributed by atoms with Gasteiger partial charge in [-0.25, -0.2) is 4.79 Å². The molecule has 0 aliphatic heterocycles. The second-order valence-corrected chi connectivity index (χ2v) is 7.12. The van der Waals surface area contributed by atoms with Crippen molar-refractivity contribution < 1.29 is 9.47 Å². The summed E-state index contributed by atoms with van der Waals surface area (Å²) in [5.41, 5.74) is 0.957. The third-order valence-electron chi connectivity index (χ3n) is 4.40. The number of hydrogen-bond donors (Lipinski definition) is 2. The van der Waals surface area contributed by atoms with Crippen LogP contribution in [-0.2, 0) is 0 Å². The zero-order chi connectivity index (χ0) is 20.5. The summed E-state index contributed by atoms with van der Waals surface area (Å²) in [6.45, 7) is 2.39. The van der Waals surface area contributed by atoms with Crippen LogP contribution in [0.25, 0.3) is 21.9 Å². The van der Waals surface area contributed by atoms with Gasteiger partial charge < -0.3 is 19.4 Å². The number of H-pyrrole nitrogens is 2. The minimum Gasteiger partial charge on any atom is -0.493 e. The fourth-order valence-corrected chi connectivity index (χ4v) is 3.44. The van der Waals surface area contributed by atoms with Crippen molar-refractivity contribution in [3.63, 3.8) is 0 Å². The van der Waals surface area contributed by atoms with Gasteiger partial charge in [-0.15, -0.1) is 4.68 Å². The first-order chi connectivity index (χ1) is 14.0. The number of benzene rings is 2. The molecule has 148 valence electrons. The van der Waals surface area contributed by atoms with Crippen LogP contribution in [0.1, 0.15) is 12.5 Å². The fourth-order valence-electron chi connectivity index (χ4n) is 3.08. The molecule has 4 aromatic rings. The minimum atomic E-state index is -0.627. The van der Waals surface area contributed by atoms with Gasteiger partial charge in [0, 0.05) is 15.4 Å². The molecule has 0 spiro atoms. The van der Waals surface area contributed by atoms with Crippen molar-refractivity contribution in [3.05, 3.63) is 67.3 Å². The lowest BCUT2D eigenvalue weighted by Crippen LogP contribution is -2.32. The van der Waals surface area contributed by atoms with E-state index in [4.69, 9.17) is 9.47 Å². The SMILES string of the molecule is CCOc1ccc(/C=N/n2c(=O)[nH]c3c([nH]c4ccc(Br)cc43)c2=O)cc1OC. The van der Waals surface area contributed by atoms with Gasteiger partial charge in [-0.2, -0.15) is 5.10 Å². The maximum Gasteiger partial charge on any atom is 0.350 e. The number of halogens is 1. The number of methoxy groups -OCH3 is 1. The molecule has 2 N–H and O–H groups in total. The van der Waals surface area contributed by atoms with E-state index in [1.807, 2.05) is 25.1 Å². The molecule has 0 unspecified atom stereocenters. The highest BCUT2D eigenvalue weighted by Gasteiger charge is 2.13. The molecule has 9 heteroatoms. The van der Waals surface area contributed by atoms with Crippen molar-refractivity contribution in [3.8, 4) is 11.5 Å². The normalized spacial score (nSPS) is 11.6. The molecule has 0 aliphatic carbocycles. The number of aromatic nitrogens is 3. The van der Waals surface area contributed by atoms with Gasteiger partial charge in [0.05, 0.1) is 25.4 Å². The number of aromatic amines is 2. The quantitative estimate of drug-likeness (QED) is 0.450. The Labute approximate surface area is 172 Å². The Morgan fingerprint density at radius 3 is 2.69 bits per heavy atom. The van der Waals surface area contributed by atoms with Gasteiger partial charge >= 0.3 is 11.2 Å². The van der Waals surface area contributed by atoms with Gasteiger partial charge in [0.15, 0.2) is 11.5 Å². The average Bonchev–Trinajstić information content (AvgIpc) is 3.07. The Bertz CT molecular complexity index is 1370. The van der Waals surface area contributed by atoms with Crippen LogP contribution in [0, 0.1) is 0 Å². The van der Waals surface area contributed by atoms with Gasteiger partial charge in [-0.05, 0) is 48.9 Å². The van der Waals surface area contributed by atoms with Gasteiger partial charge in [0.25, 0.3) is 0 Å². The maximum absolute atomic E-state index is 12.8. The Hall–Kier alpha value is -3.33. The summed E-state index contributed by atoms with van der Waals surface area (Å²) in [7, 11) is 1.54. The van der Waals surface area contributed by atoms with Crippen molar-refractivity contribution in [1.29, 1.82) is 0 Å². The summed E-state index contributed by atoms with van der Waals surface area (Å²) in [6, 6.07) is 10.7. The summed E-state index contributed by atoms with van der Waals surface area (Å²) in [4.78, 5) is 31.1. The first-order valence-corrected chi connectivity index (χ1v) is 9.62. The molecule has 0 radical (unpaired) electrons. The van der Waals surface area contributed by atoms with E-state index in [0.717, 1.165) is 20.1 Å². The van der Waals surface area contributed by atoms with Crippen LogP contribution in [0.3, 0.4) is 0 Å². The van der Waals surface area contributed by atoms with Gasteiger partial charge in [0.2, 0.25) is 0 Å². The second kappa shape index (κ2) is 7.59. The van der Waals surface area contributed by atoms with Crippen molar-refractivity contribution >= 4 is 44.1 Å². The number of hydrogen-bond acceptors (Lipinski definition) is 5. The van der Waals surface area contributed by atoms with E-state index < -0.39 is 11.2 Å². The minimum absolute atomic E-state index is 0.277. The van der Waals surface area contributed by atoms with Crippen LogP contribution >= 0.6 is 15.9 Å². The lowest BCUT2D eigenvalue weighted by molar-refractivity contribution is 0.311. The maximum atomic E-state index is 12.8. The summed E-state index contributed by atoms with van der Waals surface area (Å²) in [5, 5.41) is 4.82. The highest BCUT2D eigenvalue weighted by Crippen LogP contribution is 2.27. The molecule has 8 nitrogen and oxygen atoms in total. The summed E-state index contributed by atoms with van der Waals surface area (Å²) in [6.07, 6.45) is 1.42. The van der Waals surface area contributed by atoms with Crippen LogP contribution < -0.4 is 20.7 Å². The Balaban J connectivity index is 1.79. The van der Waals surface area contributed by atoms with Crippen LogP contribution in [0.5, 0.6) is 11.5 Å². The van der Waals surface area contributed by atoms with Crippen molar-refractivity contribution in [2.45, 2.75) is 6.92 Å². The first-order valence-electron chi connectivity index (χ1n) is 8.83. The van der Waals surface area contributed by atoms with E-state index in [1.165, 1.54) is 13.3 Å². The summed E-state index contributed by atoms with van der Waals surface area (Å²) in [5.74, 6) is 1.14. The third-order valence-corrected chi connectivity index (χ3v) is 4.89. The van der Waals surface area contributed by atoms with Gasteiger partial charge in [-0.3, -0.25) is 4.79 Å². The monoisotopic (exact) mass is 456 g/mol. The fraction of sp³-hybridized carbons (Fsp3) is 0.150. The Morgan fingerprint density at radius 2 is 1.93 bits per heavy atom.